The molecule has 0 aliphatic rings. The zero-order valence-electron chi connectivity index (χ0n) is 11.9. The van der Waals surface area contributed by atoms with Crippen molar-refractivity contribution in [2.45, 2.75) is 19.9 Å². The Morgan fingerprint density at radius 2 is 1.53 bits per heavy atom. The summed E-state index contributed by atoms with van der Waals surface area (Å²) in [6.45, 7) is 5.06. The number of para-hydroxylation sites is 1. The minimum absolute atomic E-state index is 0.0332. The highest BCUT2D eigenvalue weighted by atomic mass is 15.1. The molecule has 0 aromatic heterocycles. The summed E-state index contributed by atoms with van der Waals surface area (Å²) in [7, 11) is 2.10. The van der Waals surface area contributed by atoms with E-state index in [0.717, 1.165) is 6.54 Å². The van der Waals surface area contributed by atoms with Gasteiger partial charge < -0.3 is 10.6 Å². The molecule has 2 N–H and O–H groups in total. The first-order valence-electron chi connectivity index (χ1n) is 6.67. The molecule has 2 heteroatoms. The molecule has 1 unspecified atom stereocenters. The van der Waals surface area contributed by atoms with Gasteiger partial charge in [-0.2, -0.15) is 0 Å². The SMILES string of the molecule is Cc1ccccc1C(N)CN(C)c1ccccc1C. The third-order valence-corrected chi connectivity index (χ3v) is 3.59. The van der Waals surface area contributed by atoms with Gasteiger partial charge in [0.25, 0.3) is 0 Å². The van der Waals surface area contributed by atoms with E-state index in [9.17, 15) is 0 Å². The van der Waals surface area contributed by atoms with Crippen LogP contribution in [-0.4, -0.2) is 13.6 Å². The smallest absolute Gasteiger partial charge is 0.0475 e. The van der Waals surface area contributed by atoms with Crippen LogP contribution in [0.5, 0.6) is 0 Å². The third-order valence-electron chi connectivity index (χ3n) is 3.59. The summed E-state index contributed by atoms with van der Waals surface area (Å²) in [6, 6.07) is 16.8. The molecule has 2 aromatic carbocycles. The van der Waals surface area contributed by atoms with Crippen LogP contribution in [0.3, 0.4) is 0 Å². The standard InChI is InChI=1S/C17H22N2/c1-13-8-4-6-10-15(13)16(18)12-19(3)17-11-7-5-9-14(17)2/h4-11,16H,12,18H2,1-3H3. The summed E-state index contributed by atoms with van der Waals surface area (Å²) in [4.78, 5) is 2.23. The molecule has 0 amide bonds. The van der Waals surface area contributed by atoms with Gasteiger partial charge in [-0.3, -0.25) is 0 Å². The summed E-state index contributed by atoms with van der Waals surface area (Å²) in [5.41, 5.74) is 11.3. The molecular formula is C17H22N2. The van der Waals surface area contributed by atoms with Gasteiger partial charge in [0.05, 0.1) is 0 Å². The summed E-state index contributed by atoms with van der Waals surface area (Å²) >= 11 is 0. The summed E-state index contributed by atoms with van der Waals surface area (Å²) < 4.78 is 0. The van der Waals surface area contributed by atoms with Crippen molar-refractivity contribution in [3.8, 4) is 0 Å². The van der Waals surface area contributed by atoms with E-state index in [1.54, 1.807) is 0 Å². The Hall–Kier alpha value is -1.80. The third kappa shape index (κ3) is 3.15. The van der Waals surface area contributed by atoms with Crippen LogP contribution in [0.25, 0.3) is 0 Å². The quantitative estimate of drug-likeness (QED) is 0.905. The Bertz CT molecular complexity index is 499. The van der Waals surface area contributed by atoms with Gasteiger partial charge in [-0.05, 0) is 36.6 Å². The van der Waals surface area contributed by atoms with Crippen LogP contribution in [0.1, 0.15) is 22.7 Å². The first-order chi connectivity index (χ1) is 9.09. The van der Waals surface area contributed by atoms with E-state index in [1.807, 2.05) is 0 Å². The molecule has 0 heterocycles. The van der Waals surface area contributed by atoms with Crippen LogP contribution < -0.4 is 10.6 Å². The first-order valence-corrected chi connectivity index (χ1v) is 6.67. The molecule has 0 bridgehead atoms. The van der Waals surface area contributed by atoms with Crippen molar-refractivity contribution in [1.29, 1.82) is 0 Å². The topological polar surface area (TPSA) is 29.3 Å². The predicted octanol–water partition coefficient (Wildman–Crippen LogP) is 3.44. The van der Waals surface area contributed by atoms with Crippen molar-refractivity contribution < 1.29 is 0 Å². The molecule has 100 valence electrons. The average Bonchev–Trinajstić information content (AvgIpc) is 2.39. The van der Waals surface area contributed by atoms with Gasteiger partial charge in [0.2, 0.25) is 0 Å². The van der Waals surface area contributed by atoms with Gasteiger partial charge in [-0.15, -0.1) is 0 Å². The normalized spacial score (nSPS) is 12.2. The van der Waals surface area contributed by atoms with E-state index in [-0.39, 0.29) is 6.04 Å². The molecule has 0 saturated heterocycles. The maximum atomic E-state index is 6.34. The fraction of sp³-hybridized carbons (Fsp3) is 0.294. The van der Waals surface area contributed by atoms with Crippen LogP contribution in [0.15, 0.2) is 48.5 Å². The Morgan fingerprint density at radius 1 is 0.947 bits per heavy atom. The highest BCUT2D eigenvalue weighted by molar-refractivity contribution is 5.52. The molecule has 2 rings (SSSR count). The number of nitrogens with zero attached hydrogens (tertiary/aromatic N) is 1. The zero-order chi connectivity index (χ0) is 13.8. The van der Waals surface area contributed by atoms with E-state index in [1.165, 1.54) is 22.4 Å². The van der Waals surface area contributed by atoms with E-state index >= 15 is 0 Å². The Kier molecular flexibility index (Phi) is 4.23. The molecule has 0 fully saturated rings. The Labute approximate surface area is 115 Å². The Morgan fingerprint density at radius 3 is 2.16 bits per heavy atom. The van der Waals surface area contributed by atoms with Crippen LogP contribution in [0.4, 0.5) is 5.69 Å². The number of likely N-dealkylation sites (N-methyl/N-ethyl adjacent to an activating group) is 1. The predicted molar refractivity (Wildman–Crippen MR) is 82.6 cm³/mol. The molecule has 0 aliphatic heterocycles. The van der Waals surface area contributed by atoms with Gasteiger partial charge in [-0.25, -0.2) is 0 Å². The highest BCUT2D eigenvalue weighted by Gasteiger charge is 2.12. The van der Waals surface area contributed by atoms with Gasteiger partial charge in [-0.1, -0.05) is 42.5 Å². The lowest BCUT2D eigenvalue weighted by molar-refractivity contribution is 0.698. The fourth-order valence-electron chi connectivity index (χ4n) is 2.49. The number of benzene rings is 2. The number of hydrogen-bond donors (Lipinski definition) is 1. The largest absolute Gasteiger partial charge is 0.372 e. The number of anilines is 1. The molecule has 19 heavy (non-hydrogen) atoms. The molecule has 0 saturated carbocycles. The van der Waals surface area contributed by atoms with Gasteiger partial charge in [0.1, 0.15) is 0 Å². The van der Waals surface area contributed by atoms with Crippen molar-refractivity contribution in [2.75, 3.05) is 18.5 Å². The lowest BCUT2D eigenvalue weighted by atomic mass is 10.0. The van der Waals surface area contributed by atoms with Crippen LogP contribution >= 0.6 is 0 Å². The van der Waals surface area contributed by atoms with Gasteiger partial charge >= 0.3 is 0 Å². The first kappa shape index (κ1) is 13.6. The van der Waals surface area contributed by atoms with Crippen molar-refractivity contribution in [1.82, 2.24) is 0 Å². The van der Waals surface area contributed by atoms with Crippen molar-refractivity contribution in [2.24, 2.45) is 5.73 Å². The minimum Gasteiger partial charge on any atom is -0.372 e. The van der Waals surface area contributed by atoms with E-state index in [4.69, 9.17) is 5.73 Å². The molecule has 0 radical (unpaired) electrons. The van der Waals surface area contributed by atoms with Crippen LogP contribution in [0.2, 0.25) is 0 Å². The molecule has 0 spiro atoms. The summed E-state index contributed by atoms with van der Waals surface area (Å²) in [5, 5.41) is 0. The average molecular weight is 254 g/mol. The lowest BCUT2D eigenvalue weighted by Gasteiger charge is -2.26. The second-order valence-electron chi connectivity index (χ2n) is 5.13. The number of rotatable bonds is 4. The second-order valence-corrected chi connectivity index (χ2v) is 5.13. The fourth-order valence-corrected chi connectivity index (χ4v) is 2.49. The van der Waals surface area contributed by atoms with Crippen molar-refractivity contribution in [3.05, 3.63) is 65.2 Å². The highest BCUT2D eigenvalue weighted by Crippen LogP contribution is 2.21. The maximum absolute atomic E-state index is 6.34. The maximum Gasteiger partial charge on any atom is 0.0475 e. The molecular weight excluding hydrogens is 232 g/mol. The number of nitrogens with two attached hydrogens (primary N) is 1. The van der Waals surface area contributed by atoms with Crippen molar-refractivity contribution >= 4 is 5.69 Å². The summed E-state index contributed by atoms with van der Waals surface area (Å²) in [6.07, 6.45) is 0. The monoisotopic (exact) mass is 254 g/mol. The van der Waals surface area contributed by atoms with E-state index in [2.05, 4.69) is 74.3 Å². The number of hydrogen-bond acceptors (Lipinski definition) is 2. The number of aryl methyl sites for hydroxylation is 2. The van der Waals surface area contributed by atoms with Crippen LogP contribution in [-0.2, 0) is 0 Å². The van der Waals surface area contributed by atoms with Gasteiger partial charge in [0.15, 0.2) is 0 Å². The second kappa shape index (κ2) is 5.89. The Balaban J connectivity index is 2.13. The van der Waals surface area contributed by atoms with Gasteiger partial charge in [0, 0.05) is 25.3 Å². The molecule has 2 nitrogen and oxygen atoms in total. The van der Waals surface area contributed by atoms with E-state index in [0.29, 0.717) is 0 Å². The van der Waals surface area contributed by atoms with E-state index < -0.39 is 0 Å². The van der Waals surface area contributed by atoms with Crippen LogP contribution in [0, 0.1) is 13.8 Å². The van der Waals surface area contributed by atoms with Crippen molar-refractivity contribution in [3.63, 3.8) is 0 Å². The molecule has 1 atom stereocenters. The molecule has 0 aliphatic carbocycles. The lowest BCUT2D eigenvalue weighted by Crippen LogP contribution is -2.29. The minimum atomic E-state index is 0.0332. The molecule has 2 aromatic rings. The summed E-state index contributed by atoms with van der Waals surface area (Å²) in [5.74, 6) is 0. The zero-order valence-corrected chi connectivity index (χ0v) is 11.9.